The first-order chi connectivity index (χ1) is 9.56. The van der Waals surface area contributed by atoms with Crippen molar-refractivity contribution in [2.75, 3.05) is 6.54 Å². The van der Waals surface area contributed by atoms with Crippen molar-refractivity contribution >= 4 is 22.9 Å². The Kier molecular flexibility index (Phi) is 4.02. The van der Waals surface area contributed by atoms with Gasteiger partial charge in [0.1, 0.15) is 12.4 Å². The Hall–Kier alpha value is -2.37. The van der Waals surface area contributed by atoms with E-state index in [-0.39, 0.29) is 18.0 Å². The van der Waals surface area contributed by atoms with Crippen LogP contribution in [0.15, 0.2) is 18.2 Å². The number of aromatic carboxylic acids is 1. The minimum absolute atomic E-state index is 0.109. The number of hydrogen-bond acceptors (Lipinski definition) is 3. The Balaban J connectivity index is 2.50. The highest BCUT2D eigenvalue weighted by atomic mass is 16.4. The van der Waals surface area contributed by atoms with E-state index in [1.54, 1.807) is 16.7 Å². The van der Waals surface area contributed by atoms with Gasteiger partial charge < -0.3 is 15.0 Å². The quantitative estimate of drug-likeness (QED) is 0.864. The fourth-order valence-electron chi connectivity index (χ4n) is 2.15. The van der Waals surface area contributed by atoms with E-state index in [1.165, 1.54) is 6.07 Å². The number of amides is 1. The molecule has 2 aromatic rings. The third-order valence-electron chi connectivity index (χ3n) is 3.07. The van der Waals surface area contributed by atoms with Crippen LogP contribution in [0.3, 0.4) is 0 Å². The number of nitrogens with one attached hydrogen (secondary N) is 1. The predicted molar refractivity (Wildman–Crippen MR) is 74.8 cm³/mol. The molecule has 2 N–H and O–H groups in total. The van der Waals surface area contributed by atoms with E-state index in [2.05, 4.69) is 10.3 Å². The Labute approximate surface area is 116 Å². The number of rotatable bonds is 5. The van der Waals surface area contributed by atoms with Gasteiger partial charge in [-0.15, -0.1) is 0 Å². The molecule has 0 spiro atoms. The number of likely N-dealkylation sites (N-methyl/N-ethyl adjacent to an activating group) is 1. The molecule has 0 aliphatic rings. The topological polar surface area (TPSA) is 84.2 Å². The maximum Gasteiger partial charge on any atom is 0.335 e. The van der Waals surface area contributed by atoms with E-state index in [1.807, 2.05) is 13.8 Å². The van der Waals surface area contributed by atoms with Gasteiger partial charge >= 0.3 is 5.97 Å². The minimum atomic E-state index is -0.990. The summed E-state index contributed by atoms with van der Waals surface area (Å²) in [7, 11) is 0. The molecule has 1 amide bonds. The summed E-state index contributed by atoms with van der Waals surface area (Å²) in [5.41, 5.74) is 1.57. The van der Waals surface area contributed by atoms with E-state index in [0.29, 0.717) is 24.0 Å². The zero-order chi connectivity index (χ0) is 14.7. The summed E-state index contributed by atoms with van der Waals surface area (Å²) in [6, 6.07) is 4.75. The van der Waals surface area contributed by atoms with Crippen LogP contribution in [0.1, 0.15) is 30.0 Å². The number of fused-ring (bicyclic) bond motifs is 1. The molecule has 0 fully saturated rings. The van der Waals surface area contributed by atoms with Crippen molar-refractivity contribution in [1.82, 2.24) is 14.9 Å². The highest BCUT2D eigenvalue weighted by molar-refractivity contribution is 5.93. The summed E-state index contributed by atoms with van der Waals surface area (Å²) >= 11 is 0. The summed E-state index contributed by atoms with van der Waals surface area (Å²) in [4.78, 5) is 27.2. The van der Waals surface area contributed by atoms with Crippen LogP contribution in [-0.4, -0.2) is 33.1 Å². The third-order valence-corrected chi connectivity index (χ3v) is 3.07. The minimum Gasteiger partial charge on any atom is -0.478 e. The molecule has 1 heterocycles. The van der Waals surface area contributed by atoms with Crippen LogP contribution in [0.4, 0.5) is 0 Å². The third kappa shape index (κ3) is 2.64. The van der Waals surface area contributed by atoms with Crippen molar-refractivity contribution in [2.24, 2.45) is 0 Å². The summed E-state index contributed by atoms with van der Waals surface area (Å²) in [6.45, 7) is 4.52. The molecule has 20 heavy (non-hydrogen) atoms. The Bertz CT molecular complexity index is 661. The SMILES string of the molecule is CCNC(=O)Cn1c(CC)nc2ccc(C(=O)O)cc21. The molecule has 0 radical (unpaired) electrons. The first kappa shape index (κ1) is 14.0. The maximum absolute atomic E-state index is 11.8. The highest BCUT2D eigenvalue weighted by Gasteiger charge is 2.14. The number of carbonyl (C=O) groups is 2. The van der Waals surface area contributed by atoms with Crippen LogP contribution >= 0.6 is 0 Å². The number of benzene rings is 1. The van der Waals surface area contributed by atoms with E-state index in [4.69, 9.17) is 5.11 Å². The van der Waals surface area contributed by atoms with Crippen molar-refractivity contribution in [2.45, 2.75) is 26.8 Å². The van der Waals surface area contributed by atoms with Gasteiger partial charge in [0.15, 0.2) is 0 Å². The molecule has 1 aromatic carbocycles. The molecule has 0 unspecified atom stereocenters. The van der Waals surface area contributed by atoms with Gasteiger partial charge in [0, 0.05) is 13.0 Å². The number of aryl methyl sites for hydroxylation is 1. The monoisotopic (exact) mass is 275 g/mol. The molecule has 0 atom stereocenters. The number of imidazole rings is 1. The maximum atomic E-state index is 11.8. The molecular weight excluding hydrogens is 258 g/mol. The summed E-state index contributed by atoms with van der Waals surface area (Å²) in [5.74, 6) is -0.327. The second kappa shape index (κ2) is 5.73. The van der Waals surface area contributed by atoms with Crippen LogP contribution in [0.2, 0.25) is 0 Å². The molecule has 0 aliphatic carbocycles. The van der Waals surface area contributed by atoms with Crippen molar-refractivity contribution in [3.8, 4) is 0 Å². The first-order valence-corrected chi connectivity index (χ1v) is 6.56. The van der Waals surface area contributed by atoms with Gasteiger partial charge in [-0.1, -0.05) is 6.92 Å². The van der Waals surface area contributed by atoms with Gasteiger partial charge in [0.05, 0.1) is 16.6 Å². The number of carboxylic acid groups (broad SMARTS) is 1. The standard InChI is InChI=1S/C14H17N3O3/c1-3-12-16-10-6-5-9(14(19)20)7-11(10)17(12)8-13(18)15-4-2/h5-7H,3-4,8H2,1-2H3,(H,15,18)(H,19,20). The van der Waals surface area contributed by atoms with Gasteiger partial charge in [0.2, 0.25) is 5.91 Å². The van der Waals surface area contributed by atoms with E-state index < -0.39 is 5.97 Å². The summed E-state index contributed by atoms with van der Waals surface area (Å²) in [5, 5.41) is 11.8. The molecule has 0 saturated heterocycles. The highest BCUT2D eigenvalue weighted by Crippen LogP contribution is 2.18. The molecule has 0 aliphatic heterocycles. The first-order valence-electron chi connectivity index (χ1n) is 6.56. The summed E-state index contributed by atoms with van der Waals surface area (Å²) < 4.78 is 1.77. The Morgan fingerprint density at radius 2 is 2.10 bits per heavy atom. The second-order valence-electron chi connectivity index (χ2n) is 4.43. The normalized spacial score (nSPS) is 10.7. The average molecular weight is 275 g/mol. The van der Waals surface area contributed by atoms with Crippen LogP contribution in [0.25, 0.3) is 11.0 Å². The van der Waals surface area contributed by atoms with Gasteiger partial charge in [-0.25, -0.2) is 9.78 Å². The lowest BCUT2D eigenvalue weighted by Gasteiger charge is -2.08. The largest absolute Gasteiger partial charge is 0.478 e. The molecule has 6 nitrogen and oxygen atoms in total. The molecule has 0 bridgehead atoms. The van der Waals surface area contributed by atoms with E-state index in [0.717, 1.165) is 5.82 Å². The molecule has 6 heteroatoms. The Morgan fingerprint density at radius 3 is 2.70 bits per heavy atom. The smallest absolute Gasteiger partial charge is 0.335 e. The summed E-state index contributed by atoms with van der Waals surface area (Å²) in [6.07, 6.45) is 0.677. The zero-order valence-electron chi connectivity index (χ0n) is 11.5. The van der Waals surface area contributed by atoms with E-state index in [9.17, 15) is 9.59 Å². The molecule has 1 aromatic heterocycles. The van der Waals surface area contributed by atoms with E-state index >= 15 is 0 Å². The number of aromatic nitrogens is 2. The van der Waals surface area contributed by atoms with Crippen molar-refractivity contribution in [3.05, 3.63) is 29.6 Å². The fourth-order valence-corrected chi connectivity index (χ4v) is 2.15. The average Bonchev–Trinajstić information content (AvgIpc) is 2.76. The van der Waals surface area contributed by atoms with Crippen LogP contribution < -0.4 is 5.32 Å². The lowest BCUT2D eigenvalue weighted by Crippen LogP contribution is -2.27. The number of nitrogens with zero attached hydrogens (tertiary/aromatic N) is 2. The lowest BCUT2D eigenvalue weighted by atomic mass is 10.2. The fraction of sp³-hybridized carbons (Fsp3) is 0.357. The lowest BCUT2D eigenvalue weighted by molar-refractivity contribution is -0.121. The second-order valence-corrected chi connectivity index (χ2v) is 4.43. The Morgan fingerprint density at radius 1 is 1.35 bits per heavy atom. The van der Waals surface area contributed by atoms with Crippen molar-refractivity contribution in [1.29, 1.82) is 0 Å². The van der Waals surface area contributed by atoms with Gasteiger partial charge in [-0.05, 0) is 25.1 Å². The number of carbonyl (C=O) groups excluding carboxylic acids is 1. The molecule has 106 valence electrons. The van der Waals surface area contributed by atoms with Crippen LogP contribution in [0.5, 0.6) is 0 Å². The van der Waals surface area contributed by atoms with Crippen molar-refractivity contribution < 1.29 is 14.7 Å². The van der Waals surface area contributed by atoms with Crippen LogP contribution in [0, 0.1) is 0 Å². The van der Waals surface area contributed by atoms with Gasteiger partial charge in [0.25, 0.3) is 0 Å². The predicted octanol–water partition coefficient (Wildman–Crippen LogP) is 1.43. The van der Waals surface area contributed by atoms with Gasteiger partial charge in [-0.2, -0.15) is 0 Å². The number of carboxylic acids is 1. The molecule has 2 rings (SSSR count). The number of hydrogen-bond donors (Lipinski definition) is 2. The molecular formula is C14H17N3O3. The van der Waals surface area contributed by atoms with Crippen LogP contribution in [-0.2, 0) is 17.8 Å². The van der Waals surface area contributed by atoms with Crippen molar-refractivity contribution in [3.63, 3.8) is 0 Å². The molecule has 0 saturated carbocycles. The zero-order valence-corrected chi connectivity index (χ0v) is 11.5. The van der Waals surface area contributed by atoms with Gasteiger partial charge in [-0.3, -0.25) is 4.79 Å².